The minimum Gasteiger partial charge on any atom is -0.383 e. The van der Waals surface area contributed by atoms with Crippen LogP contribution in [0.2, 0.25) is 0 Å². The Labute approximate surface area is 95.2 Å². The second-order valence-electron chi connectivity index (χ2n) is 3.35. The summed E-state index contributed by atoms with van der Waals surface area (Å²) in [7, 11) is 0. The number of aromatic nitrogens is 4. The van der Waals surface area contributed by atoms with E-state index in [-0.39, 0.29) is 18.3 Å². The number of hydrogen-bond acceptors (Lipinski definition) is 6. The van der Waals surface area contributed by atoms with E-state index >= 15 is 0 Å². The number of rotatable bonds is 2. The van der Waals surface area contributed by atoms with Crippen molar-refractivity contribution in [2.24, 2.45) is 0 Å². The highest BCUT2D eigenvalue weighted by Gasteiger charge is 2.01. The van der Waals surface area contributed by atoms with Gasteiger partial charge in [-0.1, -0.05) is 0 Å². The Morgan fingerprint density at radius 2 is 1.35 bits per heavy atom. The van der Waals surface area contributed by atoms with Crippen LogP contribution in [0.25, 0.3) is 0 Å². The van der Waals surface area contributed by atoms with Crippen LogP contribution in [0.5, 0.6) is 0 Å². The number of hydrogen-bond donors (Lipinski definition) is 2. The SMILES string of the molecule is Nc1ccn(Cn2ccc(N)nc2=O)c(=O)n1. The van der Waals surface area contributed by atoms with Gasteiger partial charge in [-0.05, 0) is 12.1 Å². The zero-order valence-electron chi connectivity index (χ0n) is 8.78. The van der Waals surface area contributed by atoms with Crippen LogP contribution in [-0.2, 0) is 6.67 Å². The molecule has 0 fully saturated rings. The van der Waals surface area contributed by atoms with Crippen LogP contribution in [0, 0.1) is 0 Å². The van der Waals surface area contributed by atoms with E-state index in [9.17, 15) is 9.59 Å². The molecule has 0 aliphatic heterocycles. The largest absolute Gasteiger partial charge is 0.383 e. The summed E-state index contributed by atoms with van der Waals surface area (Å²) in [5.41, 5.74) is 9.63. The molecule has 0 saturated heterocycles. The maximum atomic E-state index is 11.4. The van der Waals surface area contributed by atoms with Crippen LogP contribution in [0.1, 0.15) is 0 Å². The van der Waals surface area contributed by atoms with Crippen LogP contribution < -0.4 is 22.8 Å². The van der Waals surface area contributed by atoms with E-state index in [1.165, 1.54) is 33.7 Å². The van der Waals surface area contributed by atoms with Crippen molar-refractivity contribution in [3.63, 3.8) is 0 Å². The Hall–Kier alpha value is -2.64. The van der Waals surface area contributed by atoms with Crippen molar-refractivity contribution >= 4 is 11.6 Å². The Morgan fingerprint density at radius 3 is 1.71 bits per heavy atom. The minimum absolute atomic E-state index is 0.0121. The van der Waals surface area contributed by atoms with E-state index in [0.717, 1.165) is 0 Å². The first-order valence-electron chi connectivity index (χ1n) is 4.72. The molecule has 4 N–H and O–H groups in total. The van der Waals surface area contributed by atoms with Gasteiger partial charge in [0.15, 0.2) is 0 Å². The lowest BCUT2D eigenvalue weighted by Crippen LogP contribution is -2.32. The van der Waals surface area contributed by atoms with Crippen LogP contribution in [0.4, 0.5) is 11.6 Å². The molecule has 2 rings (SSSR count). The van der Waals surface area contributed by atoms with Gasteiger partial charge in [0.2, 0.25) is 0 Å². The zero-order valence-corrected chi connectivity index (χ0v) is 8.78. The zero-order chi connectivity index (χ0) is 12.4. The summed E-state index contributed by atoms with van der Waals surface area (Å²) in [5, 5.41) is 0. The number of nitrogen functional groups attached to an aromatic ring is 2. The van der Waals surface area contributed by atoms with Crippen molar-refractivity contribution < 1.29 is 0 Å². The molecule has 0 aliphatic carbocycles. The quantitative estimate of drug-likeness (QED) is 0.650. The predicted molar refractivity (Wildman–Crippen MR) is 61.2 cm³/mol. The number of nitrogens with zero attached hydrogens (tertiary/aromatic N) is 4. The molecule has 2 heterocycles. The lowest BCUT2D eigenvalue weighted by molar-refractivity contribution is 0.551. The first kappa shape index (κ1) is 10.9. The summed E-state index contributed by atoms with van der Waals surface area (Å²) in [6.45, 7) is 0.0121. The topological polar surface area (TPSA) is 122 Å². The maximum Gasteiger partial charge on any atom is 0.350 e. The lowest BCUT2D eigenvalue weighted by Gasteiger charge is -2.07. The van der Waals surface area contributed by atoms with Gasteiger partial charge in [-0.3, -0.25) is 9.13 Å². The molecule has 0 radical (unpaired) electrons. The van der Waals surface area contributed by atoms with Gasteiger partial charge < -0.3 is 11.5 Å². The van der Waals surface area contributed by atoms with Crippen molar-refractivity contribution in [2.75, 3.05) is 11.5 Å². The normalized spacial score (nSPS) is 10.4. The molecular weight excluding hydrogens is 224 g/mol. The third kappa shape index (κ3) is 2.30. The first-order valence-corrected chi connectivity index (χ1v) is 4.72. The monoisotopic (exact) mass is 234 g/mol. The van der Waals surface area contributed by atoms with E-state index in [2.05, 4.69) is 9.97 Å². The molecule has 0 atom stereocenters. The highest BCUT2D eigenvalue weighted by Crippen LogP contribution is 1.92. The molecule has 0 bridgehead atoms. The molecule has 88 valence electrons. The summed E-state index contributed by atoms with van der Waals surface area (Å²) in [6, 6.07) is 2.94. The molecule has 0 saturated carbocycles. The van der Waals surface area contributed by atoms with Gasteiger partial charge in [-0.25, -0.2) is 9.59 Å². The molecule has 0 aromatic carbocycles. The van der Waals surface area contributed by atoms with Crippen molar-refractivity contribution in [3.8, 4) is 0 Å². The van der Waals surface area contributed by atoms with Crippen molar-refractivity contribution in [1.29, 1.82) is 0 Å². The molecule has 8 heteroatoms. The molecule has 0 spiro atoms. The number of nitrogens with two attached hydrogens (primary N) is 2. The fourth-order valence-electron chi connectivity index (χ4n) is 1.26. The van der Waals surface area contributed by atoms with E-state index in [1.807, 2.05) is 0 Å². The van der Waals surface area contributed by atoms with Crippen LogP contribution in [0.15, 0.2) is 34.1 Å². The standard InChI is InChI=1S/C9H10N6O2/c10-6-1-3-14(8(16)12-6)5-15-4-2-7(11)13-9(15)17/h1-4H,5H2,(H2,10,12,16)(H2,11,13,17). The second kappa shape index (κ2) is 4.08. The Kier molecular flexibility index (Phi) is 2.61. The van der Waals surface area contributed by atoms with Gasteiger partial charge in [-0.15, -0.1) is 0 Å². The molecule has 0 aliphatic rings. The van der Waals surface area contributed by atoms with Crippen LogP contribution in [0.3, 0.4) is 0 Å². The van der Waals surface area contributed by atoms with Gasteiger partial charge in [-0.2, -0.15) is 9.97 Å². The third-order valence-corrected chi connectivity index (χ3v) is 2.10. The van der Waals surface area contributed by atoms with E-state index in [4.69, 9.17) is 11.5 Å². The maximum absolute atomic E-state index is 11.4. The average molecular weight is 234 g/mol. The Morgan fingerprint density at radius 1 is 0.941 bits per heavy atom. The van der Waals surface area contributed by atoms with Gasteiger partial charge in [0.25, 0.3) is 0 Å². The van der Waals surface area contributed by atoms with Gasteiger partial charge in [0, 0.05) is 12.4 Å². The summed E-state index contributed by atoms with van der Waals surface area (Å²) in [4.78, 5) is 30.0. The molecule has 2 aromatic rings. The van der Waals surface area contributed by atoms with E-state index in [1.54, 1.807) is 0 Å². The molecular formula is C9H10N6O2. The number of anilines is 2. The molecule has 0 unspecified atom stereocenters. The molecule has 8 nitrogen and oxygen atoms in total. The van der Waals surface area contributed by atoms with Crippen molar-refractivity contribution in [2.45, 2.75) is 6.67 Å². The van der Waals surface area contributed by atoms with Gasteiger partial charge in [0.05, 0.1) is 0 Å². The van der Waals surface area contributed by atoms with E-state index in [0.29, 0.717) is 0 Å². The molecule has 17 heavy (non-hydrogen) atoms. The fraction of sp³-hybridized carbons (Fsp3) is 0.111. The molecule has 2 aromatic heterocycles. The predicted octanol–water partition coefficient (Wildman–Crippen LogP) is -1.53. The van der Waals surface area contributed by atoms with Gasteiger partial charge in [0.1, 0.15) is 18.3 Å². The average Bonchev–Trinajstić information content (AvgIpc) is 2.25. The first-order chi connectivity index (χ1) is 8.06. The minimum atomic E-state index is -0.534. The highest BCUT2D eigenvalue weighted by molar-refractivity contribution is 5.24. The lowest BCUT2D eigenvalue weighted by atomic mass is 10.5. The third-order valence-electron chi connectivity index (χ3n) is 2.10. The smallest absolute Gasteiger partial charge is 0.350 e. The summed E-state index contributed by atoms with van der Waals surface area (Å²) in [6.07, 6.45) is 2.90. The van der Waals surface area contributed by atoms with Crippen LogP contribution in [-0.4, -0.2) is 19.1 Å². The van der Waals surface area contributed by atoms with E-state index < -0.39 is 11.4 Å². The van der Waals surface area contributed by atoms with Gasteiger partial charge >= 0.3 is 11.4 Å². The summed E-state index contributed by atoms with van der Waals surface area (Å²) in [5.74, 6) is 0.267. The Balaban J connectivity index is 2.38. The van der Waals surface area contributed by atoms with Crippen molar-refractivity contribution in [1.82, 2.24) is 19.1 Å². The fourth-order valence-corrected chi connectivity index (χ4v) is 1.26. The second-order valence-corrected chi connectivity index (χ2v) is 3.35. The van der Waals surface area contributed by atoms with Crippen LogP contribution >= 0.6 is 0 Å². The summed E-state index contributed by atoms with van der Waals surface area (Å²) >= 11 is 0. The highest BCUT2D eigenvalue weighted by atomic mass is 16.2. The van der Waals surface area contributed by atoms with Crippen molar-refractivity contribution in [3.05, 3.63) is 45.5 Å². The molecule has 0 amide bonds. The Bertz CT molecular complexity index is 602. The summed E-state index contributed by atoms with van der Waals surface area (Å²) < 4.78 is 2.46.